The standard InChI is InChI=1S/C25H50N2/c1-4-7-9-11-13-14-15-17-19-22-27-24-23-26(25(27)20-6-3)21-18-16-12-10-8-5-2/h23-25H,4-22H2,1-3H3. The Hall–Kier alpha value is -0.660. The summed E-state index contributed by atoms with van der Waals surface area (Å²) in [6, 6.07) is 0. The van der Waals surface area contributed by atoms with Crippen molar-refractivity contribution < 1.29 is 0 Å². The van der Waals surface area contributed by atoms with Crippen LogP contribution in [0, 0.1) is 0 Å². The molecule has 0 amide bonds. The minimum Gasteiger partial charge on any atom is -0.356 e. The largest absolute Gasteiger partial charge is 0.356 e. The van der Waals surface area contributed by atoms with Gasteiger partial charge in [0.15, 0.2) is 0 Å². The second kappa shape index (κ2) is 17.4. The fraction of sp³-hybridized carbons (Fsp3) is 0.920. The summed E-state index contributed by atoms with van der Waals surface area (Å²) in [5, 5.41) is 0. The number of hydrogen-bond donors (Lipinski definition) is 0. The Morgan fingerprint density at radius 2 is 0.852 bits per heavy atom. The lowest BCUT2D eigenvalue weighted by atomic mass is 10.1. The second-order valence-corrected chi connectivity index (χ2v) is 8.64. The molecule has 0 N–H and O–H groups in total. The van der Waals surface area contributed by atoms with Gasteiger partial charge in [0.2, 0.25) is 0 Å². The number of nitrogens with zero attached hydrogens (tertiary/aromatic N) is 2. The van der Waals surface area contributed by atoms with Crippen molar-refractivity contribution in [3.63, 3.8) is 0 Å². The van der Waals surface area contributed by atoms with Gasteiger partial charge in [0.05, 0.1) is 0 Å². The Labute approximate surface area is 171 Å². The maximum atomic E-state index is 2.63. The van der Waals surface area contributed by atoms with E-state index in [2.05, 4.69) is 43.0 Å². The molecule has 1 heterocycles. The van der Waals surface area contributed by atoms with Gasteiger partial charge in [-0.3, -0.25) is 0 Å². The highest BCUT2D eigenvalue weighted by Crippen LogP contribution is 2.22. The maximum Gasteiger partial charge on any atom is 0.101 e. The highest BCUT2D eigenvalue weighted by molar-refractivity contribution is 4.96. The zero-order valence-electron chi connectivity index (χ0n) is 19.1. The molecule has 0 spiro atoms. The van der Waals surface area contributed by atoms with E-state index < -0.39 is 0 Å². The van der Waals surface area contributed by atoms with E-state index in [1.54, 1.807) is 0 Å². The SMILES string of the molecule is CCCCCCCCCCCN1C=CN(CCCCCCCC)C1CCC. The first-order chi connectivity index (χ1) is 13.3. The molecule has 0 bridgehead atoms. The Morgan fingerprint density at radius 1 is 0.481 bits per heavy atom. The summed E-state index contributed by atoms with van der Waals surface area (Å²) in [4.78, 5) is 5.25. The van der Waals surface area contributed by atoms with Crippen molar-refractivity contribution >= 4 is 0 Å². The zero-order chi connectivity index (χ0) is 19.6. The van der Waals surface area contributed by atoms with Crippen LogP contribution in [0.15, 0.2) is 12.4 Å². The summed E-state index contributed by atoms with van der Waals surface area (Å²) in [6.45, 7) is 9.43. The molecule has 0 aromatic heterocycles. The highest BCUT2D eigenvalue weighted by atomic mass is 15.4. The smallest absolute Gasteiger partial charge is 0.101 e. The Balaban J connectivity index is 2.11. The molecule has 160 valence electrons. The topological polar surface area (TPSA) is 6.48 Å². The van der Waals surface area contributed by atoms with Crippen molar-refractivity contribution in [2.24, 2.45) is 0 Å². The summed E-state index contributed by atoms with van der Waals surface area (Å²) in [6.07, 6.45) is 29.2. The van der Waals surface area contributed by atoms with Crippen LogP contribution in [0.2, 0.25) is 0 Å². The highest BCUT2D eigenvalue weighted by Gasteiger charge is 2.24. The molecule has 1 aliphatic rings. The first kappa shape index (κ1) is 24.4. The van der Waals surface area contributed by atoms with Crippen molar-refractivity contribution in [3.8, 4) is 0 Å². The lowest BCUT2D eigenvalue weighted by Crippen LogP contribution is -2.39. The molecular formula is C25H50N2. The van der Waals surface area contributed by atoms with Crippen LogP contribution in [-0.2, 0) is 0 Å². The van der Waals surface area contributed by atoms with Gasteiger partial charge in [0.1, 0.15) is 6.17 Å². The van der Waals surface area contributed by atoms with Crippen molar-refractivity contribution in [1.82, 2.24) is 9.80 Å². The molecule has 0 radical (unpaired) electrons. The monoisotopic (exact) mass is 378 g/mol. The molecule has 1 atom stereocenters. The van der Waals surface area contributed by atoms with Gasteiger partial charge in [-0.2, -0.15) is 0 Å². The van der Waals surface area contributed by atoms with Gasteiger partial charge in [0, 0.05) is 25.5 Å². The second-order valence-electron chi connectivity index (χ2n) is 8.64. The molecule has 0 aliphatic carbocycles. The minimum atomic E-state index is 0.639. The van der Waals surface area contributed by atoms with Crippen LogP contribution in [0.25, 0.3) is 0 Å². The molecular weight excluding hydrogens is 328 g/mol. The van der Waals surface area contributed by atoms with E-state index in [9.17, 15) is 0 Å². The van der Waals surface area contributed by atoms with Gasteiger partial charge in [-0.1, -0.05) is 111 Å². The first-order valence-electron chi connectivity index (χ1n) is 12.5. The minimum absolute atomic E-state index is 0.639. The summed E-state index contributed by atoms with van der Waals surface area (Å²) < 4.78 is 0. The van der Waals surface area contributed by atoms with Crippen LogP contribution in [0.5, 0.6) is 0 Å². The van der Waals surface area contributed by atoms with Crippen LogP contribution >= 0.6 is 0 Å². The predicted molar refractivity (Wildman–Crippen MR) is 122 cm³/mol. The molecule has 1 rings (SSSR count). The molecule has 0 aromatic rings. The Bertz CT molecular complexity index is 339. The van der Waals surface area contributed by atoms with Crippen LogP contribution in [-0.4, -0.2) is 29.1 Å². The molecule has 1 unspecified atom stereocenters. The molecule has 0 fully saturated rings. The van der Waals surface area contributed by atoms with Crippen LogP contribution in [0.1, 0.15) is 130 Å². The zero-order valence-corrected chi connectivity index (χ0v) is 19.1. The summed E-state index contributed by atoms with van der Waals surface area (Å²) in [5.74, 6) is 0. The van der Waals surface area contributed by atoms with E-state index >= 15 is 0 Å². The van der Waals surface area contributed by atoms with Crippen molar-refractivity contribution in [2.75, 3.05) is 13.1 Å². The van der Waals surface area contributed by atoms with E-state index in [0.717, 1.165) is 0 Å². The van der Waals surface area contributed by atoms with Gasteiger partial charge < -0.3 is 9.80 Å². The summed E-state index contributed by atoms with van der Waals surface area (Å²) in [5.41, 5.74) is 0. The number of unbranched alkanes of at least 4 members (excludes halogenated alkanes) is 13. The molecule has 2 heteroatoms. The normalized spacial score (nSPS) is 16.6. The molecule has 1 aliphatic heterocycles. The summed E-state index contributed by atoms with van der Waals surface area (Å²) in [7, 11) is 0. The van der Waals surface area contributed by atoms with E-state index in [0.29, 0.717) is 6.17 Å². The van der Waals surface area contributed by atoms with Crippen LogP contribution in [0.4, 0.5) is 0 Å². The molecule has 0 aromatic carbocycles. The van der Waals surface area contributed by atoms with Crippen LogP contribution < -0.4 is 0 Å². The Morgan fingerprint density at radius 3 is 1.22 bits per heavy atom. The average molecular weight is 379 g/mol. The van der Waals surface area contributed by atoms with Gasteiger partial charge in [-0.15, -0.1) is 0 Å². The van der Waals surface area contributed by atoms with E-state index in [4.69, 9.17) is 0 Å². The third-order valence-corrected chi connectivity index (χ3v) is 6.05. The molecule has 27 heavy (non-hydrogen) atoms. The third kappa shape index (κ3) is 11.7. The predicted octanol–water partition coefficient (Wildman–Crippen LogP) is 8.09. The van der Waals surface area contributed by atoms with E-state index in [1.165, 1.54) is 122 Å². The fourth-order valence-corrected chi connectivity index (χ4v) is 4.28. The van der Waals surface area contributed by atoms with Crippen molar-refractivity contribution in [3.05, 3.63) is 12.4 Å². The van der Waals surface area contributed by atoms with Crippen molar-refractivity contribution in [2.45, 2.75) is 136 Å². The van der Waals surface area contributed by atoms with Gasteiger partial charge in [-0.05, 0) is 19.3 Å². The van der Waals surface area contributed by atoms with Crippen molar-refractivity contribution in [1.29, 1.82) is 0 Å². The lowest BCUT2D eigenvalue weighted by Gasteiger charge is -2.33. The molecule has 2 nitrogen and oxygen atoms in total. The number of rotatable bonds is 19. The first-order valence-corrected chi connectivity index (χ1v) is 12.5. The number of hydrogen-bond acceptors (Lipinski definition) is 2. The van der Waals surface area contributed by atoms with E-state index in [1.807, 2.05) is 0 Å². The molecule has 0 saturated carbocycles. The van der Waals surface area contributed by atoms with Crippen LogP contribution in [0.3, 0.4) is 0 Å². The van der Waals surface area contributed by atoms with E-state index in [-0.39, 0.29) is 0 Å². The quantitative estimate of drug-likeness (QED) is 0.209. The van der Waals surface area contributed by atoms with Gasteiger partial charge >= 0.3 is 0 Å². The lowest BCUT2D eigenvalue weighted by molar-refractivity contribution is 0.138. The van der Waals surface area contributed by atoms with Gasteiger partial charge in [0.25, 0.3) is 0 Å². The average Bonchev–Trinajstić information content (AvgIpc) is 3.05. The Kier molecular flexibility index (Phi) is 15.7. The van der Waals surface area contributed by atoms with Gasteiger partial charge in [-0.25, -0.2) is 0 Å². The third-order valence-electron chi connectivity index (χ3n) is 6.05. The summed E-state index contributed by atoms with van der Waals surface area (Å²) >= 11 is 0. The fourth-order valence-electron chi connectivity index (χ4n) is 4.28. The molecule has 0 saturated heterocycles. The maximum absolute atomic E-state index is 2.63.